The van der Waals surface area contributed by atoms with E-state index in [-0.39, 0.29) is 22.9 Å². The van der Waals surface area contributed by atoms with Crippen LogP contribution < -0.4 is 10.2 Å². The Bertz CT molecular complexity index is 501. The summed E-state index contributed by atoms with van der Waals surface area (Å²) in [6.07, 6.45) is 3.65. The average molecular weight is 267 g/mol. The highest BCUT2D eigenvalue weighted by Crippen LogP contribution is 2.48. The Morgan fingerprint density at radius 2 is 2.28 bits per heavy atom. The molecule has 18 heavy (non-hydrogen) atoms. The minimum absolute atomic E-state index is 0.0529. The van der Waals surface area contributed by atoms with Gasteiger partial charge < -0.3 is 5.32 Å². The molecule has 1 N–H and O–H groups in total. The Balaban J connectivity index is 2.01. The van der Waals surface area contributed by atoms with Crippen LogP contribution in [-0.2, 0) is 0 Å². The second kappa shape index (κ2) is 3.82. The number of nitrogens with zero attached hydrogens (tertiary/aromatic N) is 3. The lowest BCUT2D eigenvalue weighted by molar-refractivity contribution is 0.250. The van der Waals surface area contributed by atoms with Crippen molar-refractivity contribution in [3.8, 4) is 0 Å². The quantitative estimate of drug-likeness (QED) is 0.835. The van der Waals surface area contributed by atoms with E-state index < -0.39 is 0 Å². The largest absolute Gasteiger partial charge is 0.330 e. The van der Waals surface area contributed by atoms with Gasteiger partial charge in [-0.1, -0.05) is 13.8 Å². The molecule has 0 radical (unpaired) electrons. The maximum absolute atomic E-state index is 12.2. The summed E-state index contributed by atoms with van der Waals surface area (Å²) >= 11 is 5.80. The van der Waals surface area contributed by atoms with Crippen molar-refractivity contribution in [3.05, 3.63) is 17.5 Å². The lowest BCUT2D eigenvalue weighted by atomic mass is 9.95. The SMILES string of the molecule is CC(C)[C@@H]1N(c2ccnc(Cl)n2)C(=O)NC12CC2. The summed E-state index contributed by atoms with van der Waals surface area (Å²) in [5.41, 5.74) is -0.0529. The highest BCUT2D eigenvalue weighted by Gasteiger charge is 2.60. The van der Waals surface area contributed by atoms with Gasteiger partial charge in [0.05, 0.1) is 11.6 Å². The summed E-state index contributed by atoms with van der Waals surface area (Å²) in [7, 11) is 0. The maximum atomic E-state index is 12.2. The van der Waals surface area contributed by atoms with Crippen molar-refractivity contribution in [2.75, 3.05) is 4.90 Å². The summed E-state index contributed by atoms with van der Waals surface area (Å²) < 4.78 is 0. The monoisotopic (exact) mass is 266 g/mol. The van der Waals surface area contributed by atoms with E-state index >= 15 is 0 Å². The van der Waals surface area contributed by atoms with Gasteiger partial charge in [-0.2, -0.15) is 0 Å². The maximum Gasteiger partial charge on any atom is 0.323 e. The molecule has 1 aliphatic carbocycles. The normalized spacial score (nSPS) is 24.8. The Labute approximate surface area is 111 Å². The predicted molar refractivity (Wildman–Crippen MR) is 68.6 cm³/mol. The van der Waals surface area contributed by atoms with Crippen molar-refractivity contribution in [1.29, 1.82) is 0 Å². The number of hydrogen-bond donors (Lipinski definition) is 1. The van der Waals surface area contributed by atoms with Crippen molar-refractivity contribution >= 4 is 23.4 Å². The summed E-state index contributed by atoms with van der Waals surface area (Å²) in [5, 5.41) is 3.25. The molecule has 96 valence electrons. The second-order valence-corrected chi connectivity index (χ2v) is 5.67. The molecular weight excluding hydrogens is 252 g/mol. The van der Waals surface area contributed by atoms with Gasteiger partial charge in [0.1, 0.15) is 5.82 Å². The third-order valence-corrected chi connectivity index (χ3v) is 3.88. The van der Waals surface area contributed by atoms with Gasteiger partial charge in [0.25, 0.3) is 0 Å². The summed E-state index contributed by atoms with van der Waals surface area (Å²) in [4.78, 5) is 21.9. The molecule has 5 nitrogen and oxygen atoms in total. The van der Waals surface area contributed by atoms with E-state index in [9.17, 15) is 4.79 Å². The zero-order valence-electron chi connectivity index (χ0n) is 10.4. The zero-order chi connectivity index (χ0) is 12.9. The molecule has 1 aromatic rings. The minimum atomic E-state index is -0.0824. The van der Waals surface area contributed by atoms with Gasteiger partial charge in [0.15, 0.2) is 0 Å². The van der Waals surface area contributed by atoms with Crippen LogP contribution in [0.5, 0.6) is 0 Å². The Kier molecular flexibility index (Phi) is 2.48. The molecule has 0 aromatic carbocycles. The first-order valence-electron chi connectivity index (χ1n) is 6.13. The second-order valence-electron chi connectivity index (χ2n) is 5.33. The smallest absolute Gasteiger partial charge is 0.323 e. The molecule has 1 saturated carbocycles. The van der Waals surface area contributed by atoms with Crippen LogP contribution in [-0.4, -0.2) is 27.6 Å². The number of aromatic nitrogens is 2. The molecular formula is C12H15ClN4O. The van der Waals surface area contributed by atoms with Crippen LogP contribution >= 0.6 is 11.6 Å². The standard InChI is InChI=1S/C12H15ClN4O/c1-7(2)9-12(4-5-12)16-11(18)17(9)8-3-6-14-10(13)15-8/h3,6-7,9H,4-5H2,1-2H3,(H,16,18)/t9-/m0/s1. The first-order chi connectivity index (χ1) is 8.53. The molecule has 2 aliphatic rings. The fourth-order valence-corrected chi connectivity index (χ4v) is 3.06. The predicted octanol–water partition coefficient (Wildman–Crippen LogP) is 2.22. The number of carbonyl (C=O) groups is 1. The van der Waals surface area contributed by atoms with E-state index in [4.69, 9.17) is 11.6 Å². The van der Waals surface area contributed by atoms with Crippen molar-refractivity contribution in [2.45, 2.75) is 38.3 Å². The van der Waals surface area contributed by atoms with E-state index in [0.29, 0.717) is 11.7 Å². The van der Waals surface area contributed by atoms with Crippen LogP contribution in [0.2, 0.25) is 5.28 Å². The van der Waals surface area contributed by atoms with E-state index in [1.165, 1.54) is 0 Å². The highest BCUT2D eigenvalue weighted by atomic mass is 35.5. The molecule has 1 aromatic heterocycles. The van der Waals surface area contributed by atoms with Crippen molar-refractivity contribution < 1.29 is 4.79 Å². The fraction of sp³-hybridized carbons (Fsp3) is 0.583. The van der Waals surface area contributed by atoms with Crippen LogP contribution in [0.15, 0.2) is 12.3 Å². The van der Waals surface area contributed by atoms with Crippen LogP contribution in [0.1, 0.15) is 26.7 Å². The Morgan fingerprint density at radius 1 is 1.56 bits per heavy atom. The van der Waals surface area contributed by atoms with E-state index in [0.717, 1.165) is 12.8 Å². The topological polar surface area (TPSA) is 58.1 Å². The molecule has 3 rings (SSSR count). The van der Waals surface area contributed by atoms with Crippen LogP contribution in [0.3, 0.4) is 0 Å². The van der Waals surface area contributed by atoms with Gasteiger partial charge in [-0.15, -0.1) is 0 Å². The molecule has 0 unspecified atom stereocenters. The molecule has 2 heterocycles. The number of anilines is 1. The van der Waals surface area contributed by atoms with Crippen LogP contribution in [0.4, 0.5) is 10.6 Å². The summed E-state index contributed by atoms with van der Waals surface area (Å²) in [6, 6.07) is 1.78. The van der Waals surface area contributed by atoms with Gasteiger partial charge in [-0.3, -0.25) is 4.90 Å². The first-order valence-corrected chi connectivity index (χ1v) is 6.51. The molecule has 1 aliphatic heterocycles. The number of carbonyl (C=O) groups excluding carboxylic acids is 1. The minimum Gasteiger partial charge on any atom is -0.330 e. The summed E-state index contributed by atoms with van der Waals surface area (Å²) in [6.45, 7) is 4.25. The number of halogens is 1. The molecule has 2 fully saturated rings. The van der Waals surface area contributed by atoms with Gasteiger partial charge in [-0.25, -0.2) is 14.8 Å². The van der Waals surface area contributed by atoms with Gasteiger partial charge in [-0.05, 0) is 36.4 Å². The number of rotatable bonds is 2. The van der Waals surface area contributed by atoms with Gasteiger partial charge in [0.2, 0.25) is 5.28 Å². The van der Waals surface area contributed by atoms with Gasteiger partial charge >= 0.3 is 6.03 Å². The summed E-state index contributed by atoms with van der Waals surface area (Å²) in [5.74, 6) is 0.940. The molecule has 1 atom stereocenters. The lowest BCUT2D eigenvalue weighted by Gasteiger charge is -2.28. The molecule has 6 heteroatoms. The third kappa shape index (κ3) is 1.65. The van der Waals surface area contributed by atoms with E-state index in [2.05, 4.69) is 29.1 Å². The fourth-order valence-electron chi connectivity index (χ4n) is 2.92. The number of amides is 2. The molecule has 0 bridgehead atoms. The molecule has 2 amide bonds. The Hall–Kier alpha value is -1.36. The van der Waals surface area contributed by atoms with Crippen molar-refractivity contribution in [2.24, 2.45) is 5.92 Å². The molecule has 1 spiro atoms. The third-order valence-electron chi connectivity index (χ3n) is 3.70. The number of hydrogen-bond acceptors (Lipinski definition) is 3. The van der Waals surface area contributed by atoms with Crippen molar-refractivity contribution in [3.63, 3.8) is 0 Å². The van der Waals surface area contributed by atoms with E-state index in [1.54, 1.807) is 17.2 Å². The number of urea groups is 1. The van der Waals surface area contributed by atoms with Crippen molar-refractivity contribution in [1.82, 2.24) is 15.3 Å². The van der Waals surface area contributed by atoms with Crippen LogP contribution in [0.25, 0.3) is 0 Å². The highest BCUT2D eigenvalue weighted by molar-refractivity contribution is 6.28. The molecule has 1 saturated heterocycles. The zero-order valence-corrected chi connectivity index (χ0v) is 11.1. The van der Waals surface area contributed by atoms with Gasteiger partial charge in [0, 0.05) is 6.20 Å². The Morgan fingerprint density at radius 3 is 2.83 bits per heavy atom. The van der Waals surface area contributed by atoms with Crippen LogP contribution in [0, 0.1) is 5.92 Å². The first kappa shape index (κ1) is 11.7. The van der Waals surface area contributed by atoms with E-state index in [1.807, 2.05) is 0 Å². The lowest BCUT2D eigenvalue weighted by Crippen LogP contribution is -2.42. The average Bonchev–Trinajstić information content (AvgIpc) is 2.97. The number of nitrogens with one attached hydrogen (secondary N) is 1.